The predicted octanol–water partition coefficient (Wildman–Crippen LogP) is 0.985. The van der Waals surface area contributed by atoms with E-state index in [0.29, 0.717) is 16.8 Å². The van der Waals surface area contributed by atoms with Crippen LogP contribution in [0.3, 0.4) is 0 Å². The molecule has 0 aliphatic rings. The maximum Gasteiger partial charge on any atom is 0.315 e. The molecule has 2 aromatic rings. The van der Waals surface area contributed by atoms with Gasteiger partial charge in [0.1, 0.15) is 0 Å². The summed E-state index contributed by atoms with van der Waals surface area (Å²) in [6.45, 7) is 1.49. The summed E-state index contributed by atoms with van der Waals surface area (Å²) in [6.07, 6.45) is 1.51. The van der Waals surface area contributed by atoms with Gasteiger partial charge in [-0.25, -0.2) is 10.4 Å². The number of aryl methyl sites for hydroxylation is 1. The van der Waals surface area contributed by atoms with Gasteiger partial charge in [-0.3, -0.25) is 19.9 Å². The van der Waals surface area contributed by atoms with Gasteiger partial charge in [-0.05, 0) is 13.0 Å². The fourth-order valence-electron chi connectivity index (χ4n) is 2.41. The molecule has 0 fully saturated rings. The van der Waals surface area contributed by atoms with Crippen molar-refractivity contribution in [1.29, 1.82) is 0 Å². The third-order valence-corrected chi connectivity index (χ3v) is 3.65. The van der Waals surface area contributed by atoms with Crippen LogP contribution in [0, 0.1) is 17.0 Å². The Bertz CT molecular complexity index is 924. The molecule has 144 valence electrons. The summed E-state index contributed by atoms with van der Waals surface area (Å²) in [4.78, 5) is 29.2. The Labute approximate surface area is 153 Å². The number of aromatic amines is 1. The van der Waals surface area contributed by atoms with Gasteiger partial charge in [0, 0.05) is 30.2 Å². The van der Waals surface area contributed by atoms with Gasteiger partial charge in [-0.1, -0.05) is 0 Å². The third kappa shape index (κ3) is 4.58. The zero-order valence-electron chi connectivity index (χ0n) is 15.0. The maximum absolute atomic E-state index is 12.0. The van der Waals surface area contributed by atoms with Crippen LogP contribution in [0.2, 0.25) is 0 Å². The molecular formula is C16H19N5O6. The summed E-state index contributed by atoms with van der Waals surface area (Å²) in [5.41, 5.74) is 3.14. The number of H-pyrrole nitrogens is 1. The molecule has 0 aliphatic heterocycles. The number of anilines is 1. The second-order valence-electron chi connectivity index (χ2n) is 5.35. The minimum atomic E-state index is -0.589. The van der Waals surface area contributed by atoms with Crippen molar-refractivity contribution < 1.29 is 19.5 Å². The molecule has 0 radical (unpaired) electrons. The van der Waals surface area contributed by atoms with Gasteiger partial charge in [-0.15, -0.1) is 0 Å². The summed E-state index contributed by atoms with van der Waals surface area (Å²) in [5.74, 6) is 0.294. The number of ether oxygens (including phenoxy) is 2. The lowest BCUT2D eigenvalue weighted by molar-refractivity contribution is -0.385. The van der Waals surface area contributed by atoms with Crippen LogP contribution in [0.5, 0.6) is 11.5 Å². The number of methoxy groups -OCH3 is 2. The average molecular weight is 377 g/mol. The number of hydrogen-bond donors (Lipinski definition) is 3. The molecule has 11 nitrogen and oxygen atoms in total. The first-order valence-corrected chi connectivity index (χ1v) is 7.81. The molecule has 3 N–H and O–H groups in total. The first kappa shape index (κ1) is 19.8. The number of hydrazone groups is 1. The summed E-state index contributed by atoms with van der Waals surface area (Å²) in [6, 6.07) is 2.79. The van der Waals surface area contributed by atoms with Crippen molar-refractivity contribution in [3.8, 4) is 11.5 Å². The number of nitrogens with zero attached hydrogens (tertiary/aromatic N) is 3. The molecule has 1 aromatic heterocycles. The fourth-order valence-corrected chi connectivity index (χ4v) is 2.41. The zero-order valence-corrected chi connectivity index (χ0v) is 15.0. The summed E-state index contributed by atoms with van der Waals surface area (Å²) in [5, 5.41) is 24.1. The molecular weight excluding hydrogens is 358 g/mol. The van der Waals surface area contributed by atoms with E-state index < -0.39 is 4.92 Å². The number of rotatable bonds is 8. The predicted molar refractivity (Wildman–Crippen MR) is 97.8 cm³/mol. The van der Waals surface area contributed by atoms with Crippen molar-refractivity contribution in [2.75, 3.05) is 26.3 Å². The van der Waals surface area contributed by atoms with E-state index >= 15 is 0 Å². The highest BCUT2D eigenvalue weighted by molar-refractivity contribution is 5.83. The van der Waals surface area contributed by atoms with E-state index in [9.17, 15) is 14.9 Å². The summed E-state index contributed by atoms with van der Waals surface area (Å²) < 4.78 is 10.1. The van der Waals surface area contributed by atoms with Gasteiger partial charge in [0.15, 0.2) is 5.75 Å². The molecule has 0 spiro atoms. The minimum absolute atomic E-state index is 0.00806. The van der Waals surface area contributed by atoms with Crippen LogP contribution in [0.4, 0.5) is 11.6 Å². The first-order valence-electron chi connectivity index (χ1n) is 7.81. The highest BCUT2D eigenvalue weighted by atomic mass is 16.6. The van der Waals surface area contributed by atoms with Crippen molar-refractivity contribution in [1.82, 2.24) is 9.97 Å². The van der Waals surface area contributed by atoms with Crippen LogP contribution in [-0.4, -0.2) is 47.0 Å². The Morgan fingerprint density at radius 3 is 2.70 bits per heavy atom. The highest BCUT2D eigenvalue weighted by Crippen LogP contribution is 2.37. The van der Waals surface area contributed by atoms with E-state index in [1.54, 1.807) is 6.92 Å². The van der Waals surface area contributed by atoms with Crippen LogP contribution in [-0.2, 0) is 6.42 Å². The number of hydrogen-bond acceptors (Lipinski definition) is 9. The number of aliphatic hydroxyl groups is 1. The first-order chi connectivity index (χ1) is 12.9. The Balaban J connectivity index is 2.27. The molecule has 2 rings (SSSR count). The topological polar surface area (TPSA) is 152 Å². The molecule has 0 atom stereocenters. The maximum atomic E-state index is 12.0. The van der Waals surface area contributed by atoms with Crippen molar-refractivity contribution >= 4 is 17.9 Å². The van der Waals surface area contributed by atoms with E-state index in [-0.39, 0.29) is 41.7 Å². The SMILES string of the molecule is COc1cc(/C=N\Nc2nc(C)c(CCO)c(=O)[nH]2)cc([N+](=O)[O-])c1OC. The molecule has 0 bridgehead atoms. The smallest absolute Gasteiger partial charge is 0.315 e. The van der Waals surface area contributed by atoms with Crippen LogP contribution in [0.1, 0.15) is 16.8 Å². The number of benzene rings is 1. The minimum Gasteiger partial charge on any atom is -0.493 e. The molecule has 11 heteroatoms. The molecule has 0 saturated heterocycles. The summed E-state index contributed by atoms with van der Waals surface area (Å²) >= 11 is 0. The van der Waals surface area contributed by atoms with Crippen molar-refractivity contribution in [2.45, 2.75) is 13.3 Å². The number of aromatic nitrogens is 2. The lowest BCUT2D eigenvalue weighted by Crippen LogP contribution is -2.19. The zero-order chi connectivity index (χ0) is 20.0. The lowest BCUT2D eigenvalue weighted by atomic mass is 10.2. The van der Waals surface area contributed by atoms with Gasteiger partial charge >= 0.3 is 5.69 Å². The number of aliphatic hydroxyl groups excluding tert-OH is 1. The normalized spacial score (nSPS) is 10.8. The Kier molecular flexibility index (Phi) is 6.44. The number of nitro benzene ring substituents is 1. The van der Waals surface area contributed by atoms with Crippen LogP contribution < -0.4 is 20.5 Å². The molecule has 0 saturated carbocycles. The Hall–Kier alpha value is -3.47. The quantitative estimate of drug-likeness (QED) is 0.350. The van der Waals surface area contributed by atoms with E-state index in [0.717, 1.165) is 0 Å². The van der Waals surface area contributed by atoms with Crippen LogP contribution >= 0.6 is 0 Å². The van der Waals surface area contributed by atoms with E-state index in [2.05, 4.69) is 20.5 Å². The number of nitro groups is 1. The second kappa shape index (κ2) is 8.76. The molecule has 1 aromatic carbocycles. The van der Waals surface area contributed by atoms with Crippen molar-refractivity contribution in [3.63, 3.8) is 0 Å². The van der Waals surface area contributed by atoms with Crippen LogP contribution in [0.15, 0.2) is 22.0 Å². The fraction of sp³-hybridized carbons (Fsp3) is 0.312. The summed E-state index contributed by atoms with van der Waals surface area (Å²) in [7, 11) is 2.68. The number of nitrogens with one attached hydrogen (secondary N) is 2. The van der Waals surface area contributed by atoms with Gasteiger partial charge in [0.05, 0.1) is 31.1 Å². The third-order valence-electron chi connectivity index (χ3n) is 3.65. The highest BCUT2D eigenvalue weighted by Gasteiger charge is 2.21. The molecule has 27 heavy (non-hydrogen) atoms. The molecule has 0 aliphatic carbocycles. The van der Waals surface area contributed by atoms with Crippen molar-refractivity contribution in [3.05, 3.63) is 49.4 Å². The Morgan fingerprint density at radius 2 is 2.15 bits per heavy atom. The second-order valence-corrected chi connectivity index (χ2v) is 5.35. The molecule has 1 heterocycles. The van der Waals surface area contributed by atoms with Crippen LogP contribution in [0.25, 0.3) is 0 Å². The van der Waals surface area contributed by atoms with E-state index in [4.69, 9.17) is 14.6 Å². The standard InChI is InChI=1S/C16H19N5O6/c1-9-11(4-5-22)15(23)19-16(18-9)20-17-8-10-6-12(21(24)25)14(27-3)13(7-10)26-2/h6-8,22H,4-5H2,1-3H3,(H2,18,19,20,23)/b17-8-. The molecule has 0 unspecified atom stereocenters. The average Bonchev–Trinajstić information content (AvgIpc) is 2.63. The monoisotopic (exact) mass is 377 g/mol. The van der Waals surface area contributed by atoms with E-state index in [1.165, 1.54) is 32.6 Å². The van der Waals surface area contributed by atoms with Gasteiger partial charge < -0.3 is 14.6 Å². The van der Waals surface area contributed by atoms with Crippen molar-refractivity contribution in [2.24, 2.45) is 5.10 Å². The largest absolute Gasteiger partial charge is 0.493 e. The lowest BCUT2D eigenvalue weighted by Gasteiger charge is -2.08. The molecule has 0 amide bonds. The Morgan fingerprint density at radius 1 is 1.41 bits per heavy atom. The van der Waals surface area contributed by atoms with Gasteiger partial charge in [-0.2, -0.15) is 5.10 Å². The van der Waals surface area contributed by atoms with E-state index in [1.807, 2.05) is 0 Å². The van der Waals surface area contributed by atoms with Gasteiger partial charge in [0.2, 0.25) is 11.7 Å². The van der Waals surface area contributed by atoms with Gasteiger partial charge in [0.25, 0.3) is 5.56 Å².